The van der Waals surface area contributed by atoms with Gasteiger partial charge in [0.2, 0.25) is 11.8 Å². The number of rotatable bonds is 11. The van der Waals surface area contributed by atoms with Crippen LogP contribution < -0.4 is 5.32 Å². The van der Waals surface area contributed by atoms with Crippen molar-refractivity contribution in [1.29, 1.82) is 0 Å². The second-order valence-corrected chi connectivity index (χ2v) is 10.7. The minimum absolute atomic E-state index is 0.0923. The Morgan fingerprint density at radius 1 is 1.05 bits per heavy atom. The first-order valence-electron chi connectivity index (χ1n) is 12.3. The van der Waals surface area contributed by atoms with Crippen molar-refractivity contribution in [2.24, 2.45) is 0 Å². The van der Waals surface area contributed by atoms with Crippen LogP contribution in [-0.2, 0) is 26.3 Å². The highest BCUT2D eigenvalue weighted by Crippen LogP contribution is 2.29. The first-order valence-corrected chi connectivity index (χ1v) is 13.1. The van der Waals surface area contributed by atoms with Crippen molar-refractivity contribution in [2.45, 2.75) is 52.6 Å². The van der Waals surface area contributed by atoms with Gasteiger partial charge in [-0.3, -0.25) is 9.59 Å². The van der Waals surface area contributed by atoms with Crippen molar-refractivity contribution in [1.82, 2.24) is 14.7 Å². The third-order valence-corrected chi connectivity index (χ3v) is 6.44. The lowest BCUT2D eigenvalue weighted by atomic mass is 9.92. The van der Waals surface area contributed by atoms with Crippen LogP contribution in [-0.4, -0.2) is 46.2 Å². The molecule has 0 atom stereocenters. The van der Waals surface area contributed by atoms with Gasteiger partial charge >= 0.3 is 0 Å². The molecule has 1 heterocycles. The van der Waals surface area contributed by atoms with E-state index in [4.69, 9.17) is 33.0 Å². The van der Waals surface area contributed by atoms with Gasteiger partial charge in [-0.2, -0.15) is 5.10 Å². The van der Waals surface area contributed by atoms with E-state index in [9.17, 15) is 9.59 Å². The lowest BCUT2D eigenvalue weighted by molar-refractivity contribution is -0.139. The van der Waals surface area contributed by atoms with Gasteiger partial charge in [-0.1, -0.05) is 87.6 Å². The summed E-state index contributed by atoms with van der Waals surface area (Å²) in [5.74, 6) is -0.0707. The Kier molecular flexibility index (Phi) is 10.1. The van der Waals surface area contributed by atoms with Crippen LogP contribution in [0.25, 0.3) is 5.69 Å². The summed E-state index contributed by atoms with van der Waals surface area (Å²) in [6, 6.07) is 16.7. The summed E-state index contributed by atoms with van der Waals surface area (Å²) < 4.78 is 7.25. The standard InChI is InChI=1S/C28H34Cl2N4O3/c1-5-6-14-33(27(36)19-37-18-20-10-8-7-9-11-20)17-26(35)31-25-16-24(28(2,3)4)32-34(25)21-12-13-22(29)23(30)15-21/h7-13,15-16H,5-6,14,17-19H2,1-4H3,(H,31,35). The number of nitrogens with zero attached hydrogens (tertiary/aromatic N) is 3. The molecule has 0 saturated heterocycles. The summed E-state index contributed by atoms with van der Waals surface area (Å²) in [5, 5.41) is 8.45. The molecule has 0 radical (unpaired) electrons. The minimum Gasteiger partial charge on any atom is -0.367 e. The number of aromatic nitrogens is 2. The molecule has 3 rings (SSSR count). The second-order valence-electron chi connectivity index (χ2n) is 9.87. The molecule has 198 valence electrons. The molecule has 7 nitrogen and oxygen atoms in total. The van der Waals surface area contributed by atoms with Crippen LogP contribution >= 0.6 is 23.2 Å². The first kappa shape index (κ1) is 28.7. The molecular weight excluding hydrogens is 511 g/mol. The van der Waals surface area contributed by atoms with Gasteiger partial charge in [-0.25, -0.2) is 4.68 Å². The molecule has 0 aliphatic carbocycles. The van der Waals surface area contributed by atoms with Crippen LogP contribution in [0.15, 0.2) is 54.6 Å². The Hall–Kier alpha value is -2.87. The average molecular weight is 546 g/mol. The van der Waals surface area contributed by atoms with Crippen molar-refractivity contribution in [3.8, 4) is 5.69 Å². The number of amides is 2. The molecule has 0 bridgehead atoms. The largest absolute Gasteiger partial charge is 0.367 e. The number of carbonyl (C=O) groups is 2. The van der Waals surface area contributed by atoms with Crippen LogP contribution in [0.5, 0.6) is 0 Å². The predicted octanol–water partition coefficient (Wildman–Crippen LogP) is 6.26. The van der Waals surface area contributed by atoms with E-state index in [1.54, 1.807) is 22.9 Å². The summed E-state index contributed by atoms with van der Waals surface area (Å²) in [6.07, 6.45) is 1.68. The maximum absolute atomic E-state index is 13.1. The van der Waals surface area contributed by atoms with E-state index in [1.807, 2.05) is 64.1 Å². The number of unbranched alkanes of at least 4 members (excludes halogenated alkanes) is 1. The molecule has 2 amide bonds. The third kappa shape index (κ3) is 8.32. The summed E-state index contributed by atoms with van der Waals surface area (Å²) >= 11 is 12.3. The van der Waals surface area contributed by atoms with Crippen LogP contribution in [0.1, 0.15) is 51.8 Å². The molecule has 0 aliphatic rings. The lowest BCUT2D eigenvalue weighted by Crippen LogP contribution is -2.40. The van der Waals surface area contributed by atoms with Gasteiger partial charge in [0.25, 0.3) is 0 Å². The van der Waals surface area contributed by atoms with Gasteiger partial charge in [0.1, 0.15) is 12.4 Å². The van der Waals surface area contributed by atoms with Gasteiger partial charge in [0, 0.05) is 18.0 Å². The third-order valence-electron chi connectivity index (χ3n) is 5.70. The monoisotopic (exact) mass is 544 g/mol. The molecule has 0 spiro atoms. The number of benzene rings is 2. The Balaban J connectivity index is 1.73. The van der Waals surface area contributed by atoms with E-state index in [-0.39, 0.29) is 30.4 Å². The van der Waals surface area contributed by atoms with Crippen LogP contribution in [0, 0.1) is 0 Å². The maximum atomic E-state index is 13.1. The van der Waals surface area contributed by atoms with E-state index < -0.39 is 0 Å². The van der Waals surface area contributed by atoms with Gasteiger partial charge in [0.05, 0.1) is 34.6 Å². The fourth-order valence-corrected chi connectivity index (χ4v) is 3.86. The second kappa shape index (κ2) is 13.1. The number of carbonyl (C=O) groups excluding carboxylic acids is 2. The molecule has 37 heavy (non-hydrogen) atoms. The van der Waals surface area contributed by atoms with Gasteiger partial charge in [-0.15, -0.1) is 0 Å². The Morgan fingerprint density at radius 2 is 1.78 bits per heavy atom. The van der Waals surface area contributed by atoms with Crippen LogP contribution in [0.2, 0.25) is 10.0 Å². The molecule has 0 unspecified atom stereocenters. The van der Waals surface area contributed by atoms with E-state index >= 15 is 0 Å². The number of hydrogen-bond donors (Lipinski definition) is 1. The molecule has 9 heteroatoms. The zero-order valence-electron chi connectivity index (χ0n) is 21.8. The van der Waals surface area contributed by atoms with Gasteiger partial charge < -0.3 is 15.0 Å². The zero-order valence-corrected chi connectivity index (χ0v) is 23.3. The number of hydrogen-bond acceptors (Lipinski definition) is 4. The van der Waals surface area contributed by atoms with Crippen molar-refractivity contribution < 1.29 is 14.3 Å². The fourth-order valence-electron chi connectivity index (χ4n) is 3.57. The number of anilines is 1. The number of ether oxygens (including phenoxy) is 1. The Labute approximate surface area is 228 Å². The molecule has 1 N–H and O–H groups in total. The highest BCUT2D eigenvalue weighted by molar-refractivity contribution is 6.42. The summed E-state index contributed by atoms with van der Waals surface area (Å²) in [7, 11) is 0. The van der Waals surface area contributed by atoms with Crippen molar-refractivity contribution in [3.05, 3.63) is 75.9 Å². The lowest BCUT2D eigenvalue weighted by Gasteiger charge is -2.22. The molecule has 0 saturated carbocycles. The van der Waals surface area contributed by atoms with Crippen molar-refractivity contribution in [2.75, 3.05) is 25.0 Å². The van der Waals surface area contributed by atoms with E-state index in [1.165, 1.54) is 4.90 Å². The van der Waals surface area contributed by atoms with Crippen LogP contribution in [0.4, 0.5) is 5.82 Å². The molecule has 0 fully saturated rings. The zero-order chi connectivity index (χ0) is 27.0. The molecular formula is C28H34Cl2N4O3. The summed E-state index contributed by atoms with van der Waals surface area (Å²) in [5.41, 5.74) is 2.19. The van der Waals surface area contributed by atoms with E-state index in [0.717, 1.165) is 24.1 Å². The number of halogens is 2. The van der Waals surface area contributed by atoms with Gasteiger partial charge in [0.15, 0.2) is 0 Å². The topological polar surface area (TPSA) is 76.5 Å². The van der Waals surface area contributed by atoms with Crippen molar-refractivity contribution in [3.63, 3.8) is 0 Å². The summed E-state index contributed by atoms with van der Waals surface area (Å²) in [4.78, 5) is 27.5. The summed E-state index contributed by atoms with van der Waals surface area (Å²) in [6.45, 7) is 8.78. The minimum atomic E-state index is -0.325. The average Bonchev–Trinajstić information content (AvgIpc) is 3.28. The molecule has 2 aromatic carbocycles. The van der Waals surface area contributed by atoms with Gasteiger partial charge in [-0.05, 0) is 30.2 Å². The Morgan fingerprint density at radius 3 is 2.43 bits per heavy atom. The molecule has 3 aromatic rings. The van der Waals surface area contributed by atoms with E-state index in [2.05, 4.69) is 5.32 Å². The van der Waals surface area contributed by atoms with Crippen LogP contribution in [0.3, 0.4) is 0 Å². The predicted molar refractivity (Wildman–Crippen MR) is 148 cm³/mol. The van der Waals surface area contributed by atoms with E-state index in [0.29, 0.717) is 34.7 Å². The highest BCUT2D eigenvalue weighted by atomic mass is 35.5. The molecule has 0 aliphatic heterocycles. The molecule has 1 aromatic heterocycles. The first-order chi connectivity index (χ1) is 17.6. The SMILES string of the molecule is CCCCN(CC(=O)Nc1cc(C(C)(C)C)nn1-c1ccc(Cl)c(Cl)c1)C(=O)COCc1ccccc1. The maximum Gasteiger partial charge on any atom is 0.249 e. The van der Waals surface area contributed by atoms with Crippen molar-refractivity contribution >= 4 is 40.8 Å². The Bertz CT molecular complexity index is 1210. The number of nitrogens with one attached hydrogen (secondary N) is 1. The highest BCUT2D eigenvalue weighted by Gasteiger charge is 2.23. The normalized spacial score (nSPS) is 11.4. The fraction of sp³-hybridized carbons (Fsp3) is 0.393. The quantitative estimate of drug-likeness (QED) is 0.309. The smallest absolute Gasteiger partial charge is 0.249 e.